The summed E-state index contributed by atoms with van der Waals surface area (Å²) in [5.74, 6) is 0. The molecule has 1 aromatic rings. The Morgan fingerprint density at radius 2 is 1.14 bits per heavy atom. The Bertz CT molecular complexity index is 471. The molecule has 1 atom stereocenters. The van der Waals surface area contributed by atoms with Crippen molar-refractivity contribution in [2.24, 2.45) is 0 Å². The summed E-state index contributed by atoms with van der Waals surface area (Å²) in [5.41, 5.74) is 1.32. The van der Waals surface area contributed by atoms with Crippen LogP contribution in [0, 0.1) is 0 Å². The van der Waals surface area contributed by atoms with Gasteiger partial charge in [-0.25, -0.2) is 0 Å². The fourth-order valence-electron chi connectivity index (χ4n) is 4.15. The molecule has 0 aliphatic heterocycles. The van der Waals surface area contributed by atoms with Gasteiger partial charge in [-0.1, -0.05) is 114 Å². The van der Waals surface area contributed by atoms with E-state index in [0.29, 0.717) is 0 Å². The van der Waals surface area contributed by atoms with E-state index in [1.165, 1.54) is 95.5 Å². The summed E-state index contributed by atoms with van der Waals surface area (Å²) in [6.45, 7) is 3.37. The lowest BCUT2D eigenvalue weighted by Crippen LogP contribution is -2.49. The maximum Gasteiger partial charge on any atom is 0.190 e. The van der Waals surface area contributed by atoms with E-state index in [1.807, 2.05) is 0 Å². The molecule has 2 nitrogen and oxygen atoms in total. The molecule has 0 aliphatic rings. The molecule has 0 unspecified atom stereocenters. The van der Waals surface area contributed by atoms with E-state index in [2.05, 4.69) is 51.4 Å². The zero-order valence-corrected chi connectivity index (χ0v) is 19.9. The summed E-state index contributed by atoms with van der Waals surface area (Å²) in [7, 11) is 4.36. The van der Waals surface area contributed by atoms with E-state index in [1.54, 1.807) is 0 Å². The lowest BCUT2D eigenvalue weighted by atomic mass is 10.0. The topological polar surface area (TPSA) is 20.2 Å². The average Bonchev–Trinajstić information content (AvgIpc) is 2.73. The fourth-order valence-corrected chi connectivity index (χ4v) is 4.15. The first-order valence-corrected chi connectivity index (χ1v) is 12.6. The van der Waals surface area contributed by atoms with Gasteiger partial charge in [0.25, 0.3) is 0 Å². The van der Waals surface area contributed by atoms with Crippen LogP contribution in [0.4, 0.5) is 0 Å². The Morgan fingerprint density at radius 3 is 1.62 bits per heavy atom. The Hall–Kier alpha value is -0.860. The zero-order chi connectivity index (χ0) is 21.2. The quantitative estimate of drug-likeness (QED) is 0.144. The van der Waals surface area contributed by atoms with E-state index >= 15 is 0 Å². The smallest absolute Gasteiger partial charge is 0.190 e. The number of hydrogen-bond donors (Lipinski definition) is 1. The maximum absolute atomic E-state index is 10.6. The van der Waals surface area contributed by atoms with E-state index in [0.717, 1.165) is 23.9 Å². The molecule has 0 aliphatic carbocycles. The molecule has 0 heterocycles. The molecule has 0 saturated heterocycles. The predicted octanol–water partition coefficient (Wildman–Crippen LogP) is 7.50. The summed E-state index contributed by atoms with van der Waals surface area (Å²) in [4.78, 5) is 0. The third-order valence-corrected chi connectivity index (χ3v) is 6.43. The molecule has 2 heteroatoms. The first-order chi connectivity index (χ1) is 14.1. The Morgan fingerprint density at radius 1 is 0.690 bits per heavy atom. The van der Waals surface area contributed by atoms with Crippen molar-refractivity contribution >= 4 is 0 Å². The highest BCUT2D eigenvalue weighted by atomic mass is 16.3. The fraction of sp³-hybridized carbons (Fsp3) is 0.778. The molecular weight excluding hydrogens is 354 g/mol. The first-order valence-electron chi connectivity index (χ1n) is 12.6. The van der Waals surface area contributed by atoms with Crippen molar-refractivity contribution in [3.05, 3.63) is 35.9 Å². The second-order valence-electron chi connectivity index (χ2n) is 9.60. The van der Waals surface area contributed by atoms with Crippen molar-refractivity contribution in [1.82, 2.24) is 0 Å². The van der Waals surface area contributed by atoms with E-state index < -0.39 is 0 Å². The van der Waals surface area contributed by atoms with Gasteiger partial charge in [-0.2, -0.15) is 0 Å². The number of benzene rings is 1. The molecule has 0 fully saturated rings. The van der Waals surface area contributed by atoms with E-state index in [4.69, 9.17) is 0 Å². The normalized spacial score (nSPS) is 13.0. The van der Waals surface area contributed by atoms with Crippen LogP contribution in [-0.2, 0) is 6.42 Å². The molecule has 0 saturated carbocycles. The zero-order valence-electron chi connectivity index (χ0n) is 19.9. The summed E-state index contributed by atoms with van der Waals surface area (Å²) >= 11 is 0. The maximum atomic E-state index is 10.6. The molecule has 0 spiro atoms. The van der Waals surface area contributed by atoms with Gasteiger partial charge in [0, 0.05) is 6.42 Å². The van der Waals surface area contributed by atoms with Gasteiger partial charge in [0.15, 0.2) is 6.23 Å². The van der Waals surface area contributed by atoms with Crippen LogP contribution in [0.25, 0.3) is 0 Å². The van der Waals surface area contributed by atoms with Crippen LogP contribution in [0.2, 0.25) is 0 Å². The lowest BCUT2D eigenvalue weighted by molar-refractivity contribution is -0.937. The van der Waals surface area contributed by atoms with Crippen molar-refractivity contribution in [1.29, 1.82) is 0 Å². The second kappa shape index (κ2) is 16.9. The SMILES string of the molecule is CCCCCCCCCCCCCCCC[N+](C)(C)[C@H](O)CCc1ccccc1. The highest BCUT2D eigenvalue weighted by Gasteiger charge is 2.24. The highest BCUT2D eigenvalue weighted by Crippen LogP contribution is 2.16. The van der Waals surface area contributed by atoms with Crippen LogP contribution in [-0.4, -0.2) is 36.5 Å². The highest BCUT2D eigenvalue weighted by molar-refractivity contribution is 5.14. The average molecular weight is 405 g/mol. The molecule has 168 valence electrons. The number of unbranched alkanes of at least 4 members (excludes halogenated alkanes) is 13. The van der Waals surface area contributed by atoms with Gasteiger partial charge in [-0.15, -0.1) is 0 Å². The molecule has 29 heavy (non-hydrogen) atoms. The lowest BCUT2D eigenvalue weighted by Gasteiger charge is -2.35. The Kier molecular flexibility index (Phi) is 15.2. The van der Waals surface area contributed by atoms with Gasteiger partial charge in [0.1, 0.15) is 0 Å². The number of aliphatic hydroxyl groups excluding tert-OH is 1. The largest absolute Gasteiger partial charge is 0.345 e. The number of hydrogen-bond acceptors (Lipinski definition) is 1. The van der Waals surface area contributed by atoms with Gasteiger partial charge < -0.3 is 9.59 Å². The van der Waals surface area contributed by atoms with Crippen molar-refractivity contribution in [2.75, 3.05) is 20.6 Å². The monoisotopic (exact) mass is 404 g/mol. The molecular formula is C27H50NO+. The van der Waals surface area contributed by atoms with Crippen LogP contribution >= 0.6 is 0 Å². The van der Waals surface area contributed by atoms with Crippen molar-refractivity contribution in [2.45, 2.75) is 116 Å². The number of nitrogens with zero attached hydrogens (tertiary/aromatic N) is 1. The van der Waals surface area contributed by atoms with Crippen molar-refractivity contribution in [3.63, 3.8) is 0 Å². The Labute approximate surface area is 182 Å². The van der Waals surface area contributed by atoms with E-state index in [-0.39, 0.29) is 6.23 Å². The summed E-state index contributed by atoms with van der Waals surface area (Å²) in [6.07, 6.45) is 21.1. The van der Waals surface area contributed by atoms with E-state index in [9.17, 15) is 5.11 Å². The minimum Gasteiger partial charge on any atom is -0.345 e. The molecule has 1 aromatic carbocycles. The van der Waals surface area contributed by atoms with Gasteiger partial charge >= 0.3 is 0 Å². The minimum atomic E-state index is -0.267. The third kappa shape index (κ3) is 13.9. The van der Waals surface area contributed by atoms with Gasteiger partial charge in [0.05, 0.1) is 20.6 Å². The van der Waals surface area contributed by atoms with Crippen LogP contribution in [0.5, 0.6) is 0 Å². The standard InChI is InChI=1S/C27H50NO/c1-4-5-6-7-8-9-10-11-12-13-14-15-16-20-25-28(2,3)27(29)24-23-26-21-18-17-19-22-26/h17-19,21-22,27,29H,4-16,20,23-25H2,1-3H3/q+1/t27-/m1/s1. The van der Waals surface area contributed by atoms with Crippen molar-refractivity contribution in [3.8, 4) is 0 Å². The van der Waals surface area contributed by atoms with Gasteiger partial charge in [-0.05, 0) is 24.8 Å². The molecule has 0 radical (unpaired) electrons. The number of quaternary nitrogens is 1. The predicted molar refractivity (Wildman–Crippen MR) is 128 cm³/mol. The van der Waals surface area contributed by atoms with Crippen LogP contribution < -0.4 is 0 Å². The van der Waals surface area contributed by atoms with Crippen LogP contribution in [0.1, 0.15) is 109 Å². The Balaban J connectivity index is 1.93. The molecule has 1 rings (SSSR count). The molecule has 0 aromatic heterocycles. The molecule has 1 N–H and O–H groups in total. The summed E-state index contributed by atoms with van der Waals surface area (Å²) in [5, 5.41) is 10.6. The van der Waals surface area contributed by atoms with Gasteiger partial charge in [-0.3, -0.25) is 0 Å². The summed E-state index contributed by atoms with van der Waals surface area (Å²) in [6, 6.07) is 10.5. The molecule has 0 bridgehead atoms. The second-order valence-corrected chi connectivity index (χ2v) is 9.60. The number of aryl methyl sites for hydroxylation is 1. The third-order valence-electron chi connectivity index (χ3n) is 6.43. The van der Waals surface area contributed by atoms with Crippen molar-refractivity contribution < 1.29 is 9.59 Å². The van der Waals surface area contributed by atoms with Crippen LogP contribution in [0.15, 0.2) is 30.3 Å². The number of rotatable bonds is 19. The molecule has 0 amide bonds. The first kappa shape index (κ1) is 26.2. The summed E-state index contributed by atoms with van der Waals surface area (Å²) < 4.78 is 0.727. The van der Waals surface area contributed by atoms with Crippen LogP contribution in [0.3, 0.4) is 0 Å². The van der Waals surface area contributed by atoms with Gasteiger partial charge in [0.2, 0.25) is 0 Å². The number of aliphatic hydroxyl groups is 1. The minimum absolute atomic E-state index is 0.267.